The van der Waals surface area contributed by atoms with Crippen molar-refractivity contribution in [2.24, 2.45) is 0 Å². The number of amides is 1. The Kier molecular flexibility index (Phi) is 3.65. The van der Waals surface area contributed by atoms with E-state index in [1.165, 1.54) is 31.1 Å². The van der Waals surface area contributed by atoms with E-state index in [4.69, 9.17) is 0 Å². The van der Waals surface area contributed by atoms with Crippen LogP contribution >= 0.6 is 11.3 Å². The Morgan fingerprint density at radius 1 is 1.20 bits per heavy atom. The summed E-state index contributed by atoms with van der Waals surface area (Å²) in [5, 5.41) is 3.59. The minimum Gasteiger partial charge on any atom is -0.338 e. The first kappa shape index (κ1) is 13.8. The van der Waals surface area contributed by atoms with Gasteiger partial charge in [0.25, 0.3) is 5.91 Å². The SMILES string of the molecule is CC(=O)c1ccc(C(=O)N(C)C2CC3CCC(C2)N3)s1. The van der Waals surface area contributed by atoms with Gasteiger partial charge in [-0.1, -0.05) is 0 Å². The zero-order chi connectivity index (χ0) is 14.3. The van der Waals surface area contributed by atoms with Gasteiger partial charge in [0.15, 0.2) is 5.78 Å². The lowest BCUT2D eigenvalue weighted by Crippen LogP contribution is -2.48. The molecule has 4 nitrogen and oxygen atoms in total. The molecule has 0 spiro atoms. The quantitative estimate of drug-likeness (QED) is 0.870. The molecule has 2 unspecified atom stereocenters. The van der Waals surface area contributed by atoms with Crippen molar-refractivity contribution >= 4 is 23.0 Å². The van der Waals surface area contributed by atoms with Gasteiger partial charge < -0.3 is 10.2 Å². The van der Waals surface area contributed by atoms with Gasteiger partial charge in [0.1, 0.15) is 0 Å². The van der Waals surface area contributed by atoms with E-state index in [-0.39, 0.29) is 11.7 Å². The summed E-state index contributed by atoms with van der Waals surface area (Å²) < 4.78 is 0. The number of carbonyl (C=O) groups is 2. The Morgan fingerprint density at radius 2 is 1.80 bits per heavy atom. The Labute approximate surface area is 123 Å². The van der Waals surface area contributed by atoms with Gasteiger partial charge in [-0.25, -0.2) is 0 Å². The van der Waals surface area contributed by atoms with Gasteiger partial charge in [0, 0.05) is 25.2 Å². The second-order valence-corrected chi connectivity index (χ2v) is 6.98. The monoisotopic (exact) mass is 292 g/mol. The van der Waals surface area contributed by atoms with Crippen LogP contribution in [-0.2, 0) is 0 Å². The Hall–Kier alpha value is -1.20. The van der Waals surface area contributed by atoms with Crippen LogP contribution < -0.4 is 5.32 Å². The molecule has 0 aliphatic carbocycles. The van der Waals surface area contributed by atoms with Crippen LogP contribution in [0.1, 0.15) is 52.0 Å². The molecule has 0 aromatic carbocycles. The Bertz CT molecular complexity index is 528. The maximum atomic E-state index is 12.5. The molecule has 2 bridgehead atoms. The number of thiophene rings is 1. The lowest BCUT2D eigenvalue weighted by atomic mass is 9.98. The van der Waals surface area contributed by atoms with Crippen molar-refractivity contribution in [1.29, 1.82) is 0 Å². The number of hydrogen-bond acceptors (Lipinski definition) is 4. The minimum atomic E-state index is 0.0246. The fourth-order valence-corrected chi connectivity index (χ4v) is 4.21. The summed E-state index contributed by atoms with van der Waals surface area (Å²) in [6, 6.07) is 5.00. The van der Waals surface area contributed by atoms with E-state index < -0.39 is 0 Å². The number of nitrogens with one attached hydrogen (secondary N) is 1. The average molecular weight is 292 g/mol. The predicted molar refractivity (Wildman–Crippen MR) is 79.4 cm³/mol. The molecule has 2 fully saturated rings. The maximum absolute atomic E-state index is 12.5. The lowest BCUT2D eigenvalue weighted by Gasteiger charge is -2.35. The largest absolute Gasteiger partial charge is 0.338 e. The van der Waals surface area contributed by atoms with Crippen molar-refractivity contribution in [2.45, 2.75) is 50.7 Å². The molecule has 1 aromatic heterocycles. The molecular weight excluding hydrogens is 272 g/mol. The molecule has 1 amide bonds. The number of rotatable bonds is 3. The standard InChI is InChI=1S/C15H20N2O2S/c1-9(18)13-5-6-14(20-13)15(19)17(2)12-7-10-3-4-11(8-12)16-10/h5-6,10-12,16H,3-4,7-8H2,1-2H3. The van der Waals surface area contributed by atoms with Crippen molar-refractivity contribution in [1.82, 2.24) is 10.2 Å². The van der Waals surface area contributed by atoms with Crippen LogP contribution in [0.3, 0.4) is 0 Å². The third kappa shape index (κ3) is 2.52. The normalized spacial score (nSPS) is 28.4. The van der Waals surface area contributed by atoms with Gasteiger partial charge in [0.2, 0.25) is 0 Å². The average Bonchev–Trinajstić information content (AvgIpc) is 3.04. The summed E-state index contributed by atoms with van der Waals surface area (Å²) in [5.74, 6) is 0.0745. The van der Waals surface area contributed by atoms with Gasteiger partial charge >= 0.3 is 0 Å². The molecule has 2 atom stereocenters. The predicted octanol–water partition coefficient (Wildman–Crippen LogP) is 2.31. The molecular formula is C15H20N2O2S. The summed E-state index contributed by atoms with van der Waals surface area (Å²) in [7, 11) is 1.89. The summed E-state index contributed by atoms with van der Waals surface area (Å²) in [6.45, 7) is 1.54. The molecule has 2 aliphatic rings. The second kappa shape index (κ2) is 5.30. The highest BCUT2D eigenvalue weighted by molar-refractivity contribution is 7.15. The number of carbonyl (C=O) groups excluding carboxylic acids is 2. The third-order valence-corrected chi connectivity index (χ3v) is 5.65. The van der Waals surface area contributed by atoms with E-state index in [1.54, 1.807) is 12.1 Å². The van der Waals surface area contributed by atoms with E-state index in [1.807, 2.05) is 11.9 Å². The van der Waals surface area contributed by atoms with Crippen molar-refractivity contribution in [2.75, 3.05) is 7.05 Å². The molecule has 108 valence electrons. The highest BCUT2D eigenvalue weighted by Crippen LogP contribution is 2.30. The van der Waals surface area contributed by atoms with E-state index in [9.17, 15) is 9.59 Å². The number of hydrogen-bond donors (Lipinski definition) is 1. The number of fused-ring (bicyclic) bond motifs is 2. The minimum absolute atomic E-state index is 0.0246. The smallest absolute Gasteiger partial charge is 0.263 e. The fourth-order valence-electron chi connectivity index (χ4n) is 3.33. The van der Waals surface area contributed by atoms with Crippen molar-refractivity contribution in [3.63, 3.8) is 0 Å². The van der Waals surface area contributed by atoms with Gasteiger partial charge in [-0.05, 0) is 44.7 Å². The molecule has 2 aliphatic heterocycles. The second-order valence-electron chi connectivity index (χ2n) is 5.90. The molecule has 0 radical (unpaired) electrons. The van der Waals surface area contributed by atoms with E-state index in [0.717, 1.165) is 12.8 Å². The fraction of sp³-hybridized carbons (Fsp3) is 0.600. The van der Waals surface area contributed by atoms with Crippen LogP contribution in [-0.4, -0.2) is 41.8 Å². The molecule has 2 saturated heterocycles. The zero-order valence-electron chi connectivity index (χ0n) is 11.9. The summed E-state index contributed by atoms with van der Waals surface area (Å²) in [4.78, 5) is 27.0. The van der Waals surface area contributed by atoms with Crippen molar-refractivity contribution in [3.05, 3.63) is 21.9 Å². The van der Waals surface area contributed by atoms with Gasteiger partial charge in [-0.15, -0.1) is 11.3 Å². The van der Waals surface area contributed by atoms with Crippen molar-refractivity contribution in [3.8, 4) is 0 Å². The molecule has 3 heterocycles. The third-order valence-electron chi connectivity index (χ3n) is 4.48. The van der Waals surface area contributed by atoms with E-state index in [2.05, 4.69) is 5.32 Å². The first-order chi connectivity index (χ1) is 9.54. The summed E-state index contributed by atoms with van der Waals surface area (Å²) >= 11 is 1.30. The zero-order valence-corrected chi connectivity index (χ0v) is 12.7. The summed E-state index contributed by atoms with van der Waals surface area (Å²) in [5.41, 5.74) is 0. The molecule has 1 N–H and O–H groups in total. The molecule has 5 heteroatoms. The van der Waals surface area contributed by atoms with Gasteiger partial charge in [-0.3, -0.25) is 9.59 Å². The molecule has 20 heavy (non-hydrogen) atoms. The number of piperidine rings is 1. The Morgan fingerprint density at radius 3 is 2.35 bits per heavy atom. The van der Waals surface area contributed by atoms with Crippen LogP contribution in [0.2, 0.25) is 0 Å². The highest BCUT2D eigenvalue weighted by atomic mass is 32.1. The van der Waals surface area contributed by atoms with Crippen LogP contribution in [0.15, 0.2) is 12.1 Å². The van der Waals surface area contributed by atoms with Crippen LogP contribution in [0.4, 0.5) is 0 Å². The lowest BCUT2D eigenvalue weighted by molar-refractivity contribution is 0.0686. The van der Waals surface area contributed by atoms with Crippen molar-refractivity contribution < 1.29 is 9.59 Å². The highest BCUT2D eigenvalue weighted by Gasteiger charge is 2.36. The van der Waals surface area contributed by atoms with Crippen LogP contribution in [0.25, 0.3) is 0 Å². The Balaban J connectivity index is 1.71. The molecule has 0 saturated carbocycles. The topological polar surface area (TPSA) is 49.4 Å². The number of nitrogens with zero attached hydrogens (tertiary/aromatic N) is 1. The number of Topliss-reactive ketones (excluding diaryl/α,β-unsaturated/α-hetero) is 1. The summed E-state index contributed by atoms with van der Waals surface area (Å²) in [6.07, 6.45) is 4.56. The van der Waals surface area contributed by atoms with Gasteiger partial charge in [0.05, 0.1) is 9.75 Å². The van der Waals surface area contributed by atoms with E-state index in [0.29, 0.717) is 27.9 Å². The van der Waals surface area contributed by atoms with E-state index >= 15 is 0 Å². The van der Waals surface area contributed by atoms with Crippen LogP contribution in [0, 0.1) is 0 Å². The van der Waals surface area contributed by atoms with Gasteiger partial charge in [-0.2, -0.15) is 0 Å². The number of ketones is 1. The molecule has 1 aromatic rings. The molecule has 3 rings (SSSR count). The first-order valence-corrected chi connectivity index (χ1v) is 8.00. The maximum Gasteiger partial charge on any atom is 0.263 e. The first-order valence-electron chi connectivity index (χ1n) is 7.18. The van der Waals surface area contributed by atoms with Crippen LogP contribution in [0.5, 0.6) is 0 Å².